The van der Waals surface area contributed by atoms with Gasteiger partial charge in [-0.1, -0.05) is 12.1 Å². The van der Waals surface area contributed by atoms with Crippen LogP contribution in [-0.4, -0.2) is 30.0 Å². The lowest BCUT2D eigenvalue weighted by molar-refractivity contribution is -0.384. The number of ether oxygens (including phenoxy) is 1. The van der Waals surface area contributed by atoms with Crippen LogP contribution in [0.3, 0.4) is 0 Å². The molecule has 0 bridgehead atoms. The Morgan fingerprint density at radius 1 is 1.32 bits per heavy atom. The highest BCUT2D eigenvalue weighted by molar-refractivity contribution is 6.32. The van der Waals surface area contributed by atoms with Crippen molar-refractivity contribution in [2.75, 3.05) is 13.2 Å². The smallest absolute Gasteiger partial charge is 0.396 e. The third kappa shape index (κ3) is 4.74. The molecule has 0 aliphatic carbocycles. The van der Waals surface area contributed by atoms with E-state index in [0.29, 0.717) is 6.42 Å². The van der Waals surface area contributed by atoms with Crippen LogP contribution >= 0.6 is 0 Å². The lowest BCUT2D eigenvalue weighted by Crippen LogP contribution is -2.33. The molecule has 1 amide bonds. The minimum absolute atomic E-state index is 0.0132. The first-order chi connectivity index (χ1) is 9.04. The van der Waals surface area contributed by atoms with Crippen LogP contribution in [-0.2, 0) is 20.7 Å². The van der Waals surface area contributed by atoms with Gasteiger partial charge in [0.05, 0.1) is 11.5 Å². The maximum Gasteiger partial charge on any atom is 0.396 e. The Morgan fingerprint density at radius 3 is 2.47 bits per heavy atom. The Hall–Kier alpha value is -2.44. The monoisotopic (exact) mass is 266 g/mol. The van der Waals surface area contributed by atoms with Crippen molar-refractivity contribution in [3.05, 3.63) is 39.9 Å². The molecule has 0 atom stereocenters. The summed E-state index contributed by atoms with van der Waals surface area (Å²) in [5.74, 6) is -1.70. The third-order valence-electron chi connectivity index (χ3n) is 2.31. The summed E-state index contributed by atoms with van der Waals surface area (Å²) in [5, 5.41) is 12.9. The molecular weight excluding hydrogens is 252 g/mol. The van der Waals surface area contributed by atoms with Crippen LogP contribution in [0, 0.1) is 10.1 Å². The van der Waals surface area contributed by atoms with Crippen LogP contribution < -0.4 is 5.32 Å². The number of nitrogens with zero attached hydrogens (tertiary/aromatic N) is 1. The quantitative estimate of drug-likeness (QED) is 0.368. The van der Waals surface area contributed by atoms with Gasteiger partial charge in [-0.25, -0.2) is 4.79 Å². The lowest BCUT2D eigenvalue weighted by Gasteiger charge is -2.04. The first-order valence-corrected chi connectivity index (χ1v) is 5.73. The summed E-state index contributed by atoms with van der Waals surface area (Å²) >= 11 is 0. The molecule has 1 aromatic rings. The standard InChI is InChI=1S/C12H14N2O5/c1-2-19-12(16)11(15)13-8-7-9-3-5-10(6-4-9)14(17)18/h3-6H,2,7-8H2,1H3,(H,13,15). The maximum atomic E-state index is 11.2. The zero-order valence-corrected chi connectivity index (χ0v) is 10.4. The summed E-state index contributed by atoms with van der Waals surface area (Å²) in [6, 6.07) is 5.99. The maximum absolute atomic E-state index is 11.2. The number of nitro groups is 1. The van der Waals surface area contributed by atoms with E-state index in [1.807, 2.05) is 0 Å². The number of amides is 1. The molecule has 19 heavy (non-hydrogen) atoms. The average Bonchev–Trinajstić information content (AvgIpc) is 2.39. The SMILES string of the molecule is CCOC(=O)C(=O)NCCc1ccc([N+](=O)[O-])cc1. The van der Waals surface area contributed by atoms with Crippen molar-refractivity contribution in [3.63, 3.8) is 0 Å². The summed E-state index contributed by atoms with van der Waals surface area (Å²) in [4.78, 5) is 32.2. The second kappa shape index (κ2) is 7.10. The van der Waals surface area contributed by atoms with E-state index in [1.165, 1.54) is 12.1 Å². The molecule has 0 fully saturated rings. The van der Waals surface area contributed by atoms with E-state index >= 15 is 0 Å². The highest BCUT2D eigenvalue weighted by Crippen LogP contribution is 2.11. The molecule has 0 aliphatic heterocycles. The first kappa shape index (κ1) is 14.6. The Labute approximate surface area is 109 Å². The number of nitro benzene ring substituents is 1. The van der Waals surface area contributed by atoms with Crippen molar-refractivity contribution in [2.24, 2.45) is 0 Å². The van der Waals surface area contributed by atoms with Crippen molar-refractivity contribution >= 4 is 17.6 Å². The third-order valence-corrected chi connectivity index (χ3v) is 2.31. The van der Waals surface area contributed by atoms with Gasteiger partial charge in [-0.05, 0) is 18.9 Å². The van der Waals surface area contributed by atoms with Crippen molar-refractivity contribution in [1.29, 1.82) is 0 Å². The predicted molar refractivity (Wildman–Crippen MR) is 66.4 cm³/mol. The number of nitrogens with one attached hydrogen (secondary N) is 1. The van der Waals surface area contributed by atoms with Gasteiger partial charge in [0.2, 0.25) is 0 Å². The molecule has 1 rings (SSSR count). The van der Waals surface area contributed by atoms with Crippen LogP contribution in [0.2, 0.25) is 0 Å². The molecular formula is C12H14N2O5. The van der Waals surface area contributed by atoms with Crippen LogP contribution in [0.5, 0.6) is 0 Å². The van der Waals surface area contributed by atoms with Crippen molar-refractivity contribution in [3.8, 4) is 0 Å². The van der Waals surface area contributed by atoms with E-state index in [2.05, 4.69) is 10.1 Å². The lowest BCUT2D eigenvalue weighted by atomic mass is 10.1. The molecule has 0 saturated heterocycles. The Balaban J connectivity index is 2.39. The molecule has 0 radical (unpaired) electrons. The first-order valence-electron chi connectivity index (χ1n) is 5.73. The molecule has 7 nitrogen and oxygen atoms in total. The number of non-ortho nitro benzene ring substituents is 1. The van der Waals surface area contributed by atoms with E-state index in [0.717, 1.165) is 5.56 Å². The van der Waals surface area contributed by atoms with Crippen LogP contribution in [0.1, 0.15) is 12.5 Å². The molecule has 0 aliphatic rings. The second-order valence-electron chi connectivity index (χ2n) is 3.65. The number of hydrogen-bond acceptors (Lipinski definition) is 5. The largest absolute Gasteiger partial charge is 0.459 e. The average molecular weight is 266 g/mol. The summed E-state index contributed by atoms with van der Waals surface area (Å²) in [5.41, 5.74) is 0.842. The number of rotatable bonds is 5. The van der Waals surface area contributed by atoms with Crippen LogP contribution in [0.4, 0.5) is 5.69 Å². The van der Waals surface area contributed by atoms with Gasteiger partial charge in [-0.15, -0.1) is 0 Å². The summed E-state index contributed by atoms with van der Waals surface area (Å²) in [7, 11) is 0. The van der Waals surface area contributed by atoms with E-state index in [9.17, 15) is 19.7 Å². The normalized spacial score (nSPS) is 9.74. The Bertz CT molecular complexity index is 470. The van der Waals surface area contributed by atoms with Crippen LogP contribution in [0.15, 0.2) is 24.3 Å². The van der Waals surface area contributed by atoms with Crippen molar-refractivity contribution in [1.82, 2.24) is 5.32 Å². The van der Waals surface area contributed by atoms with Crippen LogP contribution in [0.25, 0.3) is 0 Å². The molecule has 0 unspecified atom stereocenters. The highest BCUT2D eigenvalue weighted by Gasteiger charge is 2.13. The zero-order chi connectivity index (χ0) is 14.3. The number of benzene rings is 1. The Kier molecular flexibility index (Phi) is 5.46. The summed E-state index contributed by atoms with van der Waals surface area (Å²) in [6.45, 7) is 2.02. The second-order valence-corrected chi connectivity index (χ2v) is 3.65. The van der Waals surface area contributed by atoms with E-state index in [1.54, 1.807) is 19.1 Å². The fourth-order valence-corrected chi connectivity index (χ4v) is 1.37. The molecule has 102 valence electrons. The molecule has 0 heterocycles. The molecule has 0 spiro atoms. The van der Waals surface area contributed by atoms with Crippen molar-refractivity contribution < 1.29 is 19.2 Å². The molecule has 1 N–H and O–H groups in total. The van der Waals surface area contributed by atoms with Gasteiger partial charge in [0.25, 0.3) is 5.69 Å². The topological polar surface area (TPSA) is 98.5 Å². The summed E-state index contributed by atoms with van der Waals surface area (Å²) in [6.07, 6.45) is 0.475. The molecule has 7 heteroatoms. The van der Waals surface area contributed by atoms with Gasteiger partial charge in [0.1, 0.15) is 0 Å². The number of carbonyl (C=O) groups excluding carboxylic acids is 2. The van der Waals surface area contributed by atoms with Gasteiger partial charge in [-0.3, -0.25) is 14.9 Å². The van der Waals surface area contributed by atoms with E-state index in [4.69, 9.17) is 0 Å². The minimum Gasteiger partial charge on any atom is -0.459 e. The van der Waals surface area contributed by atoms with Gasteiger partial charge in [0, 0.05) is 18.7 Å². The predicted octanol–water partition coefficient (Wildman–Crippen LogP) is 0.817. The Morgan fingerprint density at radius 2 is 1.95 bits per heavy atom. The number of esters is 1. The fraction of sp³-hybridized carbons (Fsp3) is 0.333. The molecule has 1 aromatic carbocycles. The molecule has 0 aromatic heterocycles. The highest BCUT2D eigenvalue weighted by atomic mass is 16.6. The number of hydrogen-bond donors (Lipinski definition) is 1. The van der Waals surface area contributed by atoms with Gasteiger partial charge < -0.3 is 10.1 Å². The zero-order valence-electron chi connectivity index (χ0n) is 10.4. The van der Waals surface area contributed by atoms with Gasteiger partial charge in [0.15, 0.2) is 0 Å². The minimum atomic E-state index is -0.911. The van der Waals surface area contributed by atoms with E-state index in [-0.39, 0.29) is 18.8 Å². The summed E-state index contributed by atoms with van der Waals surface area (Å²) < 4.78 is 4.52. The van der Waals surface area contributed by atoms with Crippen molar-refractivity contribution in [2.45, 2.75) is 13.3 Å². The number of carbonyl (C=O) groups is 2. The van der Waals surface area contributed by atoms with Gasteiger partial charge >= 0.3 is 11.9 Å². The molecule has 0 saturated carbocycles. The van der Waals surface area contributed by atoms with Gasteiger partial charge in [-0.2, -0.15) is 0 Å². The fourth-order valence-electron chi connectivity index (χ4n) is 1.37. The van der Waals surface area contributed by atoms with E-state index < -0.39 is 16.8 Å².